The topological polar surface area (TPSA) is 87.5 Å². The number of nitrogens with one attached hydrogen (secondary N) is 2. The number of likely N-dealkylation sites (N-methyl/N-ethyl adjacent to an activating group) is 1. The Hall–Kier alpha value is -3.00. The summed E-state index contributed by atoms with van der Waals surface area (Å²) >= 11 is 5.41. The molecule has 0 bridgehead atoms. The van der Waals surface area contributed by atoms with Gasteiger partial charge in [0.05, 0.1) is 11.0 Å². The van der Waals surface area contributed by atoms with E-state index in [2.05, 4.69) is 10.6 Å². The lowest BCUT2D eigenvalue weighted by atomic mass is 10.1. The lowest BCUT2D eigenvalue weighted by molar-refractivity contribution is -0.385. The minimum atomic E-state index is -0.523. The van der Waals surface area contributed by atoms with Gasteiger partial charge in [-0.1, -0.05) is 30.3 Å². The summed E-state index contributed by atoms with van der Waals surface area (Å²) < 4.78 is 0. The largest absolute Gasteiger partial charge is 0.358 e. The van der Waals surface area contributed by atoms with Gasteiger partial charge in [0, 0.05) is 24.8 Å². The summed E-state index contributed by atoms with van der Waals surface area (Å²) in [4.78, 5) is 25.2. The highest BCUT2D eigenvalue weighted by atomic mass is 32.1. The van der Waals surface area contributed by atoms with Crippen molar-refractivity contribution >= 4 is 34.6 Å². The van der Waals surface area contributed by atoms with Crippen LogP contribution in [-0.4, -0.2) is 40.0 Å². The third kappa shape index (κ3) is 4.45. The third-order valence-electron chi connectivity index (χ3n) is 4.98. The number of nitrogens with zero attached hydrogens (tertiary/aromatic N) is 2. The van der Waals surface area contributed by atoms with Crippen LogP contribution >= 0.6 is 12.2 Å². The molecule has 146 valence electrons. The van der Waals surface area contributed by atoms with Crippen LogP contribution in [0.1, 0.15) is 29.6 Å². The van der Waals surface area contributed by atoms with E-state index < -0.39 is 4.92 Å². The van der Waals surface area contributed by atoms with Crippen molar-refractivity contribution < 1.29 is 9.72 Å². The summed E-state index contributed by atoms with van der Waals surface area (Å²) in [5.74, 6) is -0.354. The molecule has 1 aliphatic rings. The van der Waals surface area contributed by atoms with Gasteiger partial charge in [-0.05, 0) is 49.7 Å². The van der Waals surface area contributed by atoms with E-state index in [0.29, 0.717) is 5.11 Å². The Labute approximate surface area is 168 Å². The summed E-state index contributed by atoms with van der Waals surface area (Å²) in [6.07, 6.45) is 2.63. The second kappa shape index (κ2) is 8.79. The molecular weight excluding hydrogens is 376 g/mol. The average molecular weight is 398 g/mol. The highest BCUT2D eigenvalue weighted by Gasteiger charge is 2.35. The van der Waals surface area contributed by atoms with Crippen molar-refractivity contribution in [3.05, 3.63) is 70.3 Å². The number of rotatable bonds is 5. The average Bonchev–Trinajstić information content (AvgIpc) is 3.15. The zero-order valence-corrected chi connectivity index (χ0v) is 16.3. The molecule has 0 heterocycles. The van der Waals surface area contributed by atoms with Crippen LogP contribution in [0, 0.1) is 10.1 Å². The number of nitro benzene ring substituents is 1. The second-order valence-corrected chi connectivity index (χ2v) is 7.17. The Balaban J connectivity index is 1.69. The maximum Gasteiger partial charge on any atom is 0.282 e. The van der Waals surface area contributed by atoms with Gasteiger partial charge in [-0.25, -0.2) is 0 Å². The Kier molecular flexibility index (Phi) is 6.20. The molecule has 0 aromatic heterocycles. The molecule has 2 aromatic carbocycles. The fraction of sp³-hybridized carbons (Fsp3) is 0.300. The maximum atomic E-state index is 12.9. The summed E-state index contributed by atoms with van der Waals surface area (Å²) in [6, 6.07) is 15.5. The molecule has 1 amide bonds. The first-order valence-corrected chi connectivity index (χ1v) is 9.51. The molecule has 1 fully saturated rings. The van der Waals surface area contributed by atoms with Gasteiger partial charge in [0.1, 0.15) is 5.56 Å². The first-order chi connectivity index (χ1) is 13.5. The molecule has 2 unspecified atom stereocenters. The molecule has 7 nitrogen and oxygen atoms in total. The van der Waals surface area contributed by atoms with E-state index in [1.165, 1.54) is 12.1 Å². The number of nitro groups is 1. The first-order valence-electron chi connectivity index (χ1n) is 9.10. The van der Waals surface area contributed by atoms with Gasteiger partial charge in [-0.3, -0.25) is 14.9 Å². The highest BCUT2D eigenvalue weighted by Crippen LogP contribution is 2.27. The molecule has 0 saturated heterocycles. The number of carbonyl (C=O) groups is 1. The van der Waals surface area contributed by atoms with E-state index in [1.54, 1.807) is 24.1 Å². The number of carbonyl (C=O) groups excluding carboxylic acids is 1. The van der Waals surface area contributed by atoms with Crippen LogP contribution in [0.25, 0.3) is 0 Å². The minimum absolute atomic E-state index is 0.0135. The fourth-order valence-electron chi connectivity index (χ4n) is 3.58. The van der Waals surface area contributed by atoms with Crippen LogP contribution in [0.2, 0.25) is 0 Å². The van der Waals surface area contributed by atoms with Crippen LogP contribution < -0.4 is 10.6 Å². The SMILES string of the molecule is CN(C(=O)c1ccccc1[N+](=O)[O-])C1CCCC1NC(=S)Nc1ccccc1. The predicted octanol–water partition coefficient (Wildman–Crippen LogP) is 3.57. The molecule has 8 heteroatoms. The molecule has 3 rings (SSSR count). The smallest absolute Gasteiger partial charge is 0.282 e. The van der Waals surface area contributed by atoms with Crippen molar-refractivity contribution in [3.8, 4) is 0 Å². The molecule has 1 saturated carbocycles. The van der Waals surface area contributed by atoms with Crippen LogP contribution in [-0.2, 0) is 0 Å². The van der Waals surface area contributed by atoms with Crippen LogP contribution in [0.15, 0.2) is 54.6 Å². The first kappa shape index (κ1) is 19.8. The van der Waals surface area contributed by atoms with Gasteiger partial charge >= 0.3 is 0 Å². The number of thiocarbonyl (C=S) groups is 1. The number of anilines is 1. The Morgan fingerprint density at radius 1 is 1.14 bits per heavy atom. The highest BCUT2D eigenvalue weighted by molar-refractivity contribution is 7.80. The number of hydrogen-bond donors (Lipinski definition) is 2. The van der Waals surface area contributed by atoms with E-state index in [0.717, 1.165) is 24.9 Å². The van der Waals surface area contributed by atoms with Gasteiger partial charge in [-0.15, -0.1) is 0 Å². The number of benzene rings is 2. The van der Waals surface area contributed by atoms with E-state index in [4.69, 9.17) is 12.2 Å². The number of hydrogen-bond acceptors (Lipinski definition) is 4. The van der Waals surface area contributed by atoms with Crippen LogP contribution in [0.4, 0.5) is 11.4 Å². The number of para-hydroxylation sites is 2. The Morgan fingerprint density at radius 3 is 2.54 bits per heavy atom. The molecule has 2 aromatic rings. The van der Waals surface area contributed by atoms with Crippen LogP contribution in [0.5, 0.6) is 0 Å². The summed E-state index contributed by atoms with van der Waals surface area (Å²) in [5.41, 5.74) is 0.813. The lowest BCUT2D eigenvalue weighted by Gasteiger charge is -2.31. The third-order valence-corrected chi connectivity index (χ3v) is 5.20. The summed E-state index contributed by atoms with van der Waals surface area (Å²) in [7, 11) is 1.69. The number of amides is 1. The quantitative estimate of drug-likeness (QED) is 0.455. The monoisotopic (exact) mass is 398 g/mol. The van der Waals surface area contributed by atoms with Crippen molar-refractivity contribution in [3.63, 3.8) is 0 Å². The zero-order chi connectivity index (χ0) is 20.1. The molecule has 2 atom stereocenters. The lowest BCUT2D eigenvalue weighted by Crippen LogP contribution is -2.50. The minimum Gasteiger partial charge on any atom is -0.358 e. The van der Waals surface area contributed by atoms with Gasteiger partial charge < -0.3 is 15.5 Å². The molecule has 0 spiro atoms. The van der Waals surface area contributed by atoms with Gasteiger partial charge in [0.2, 0.25) is 0 Å². The zero-order valence-electron chi connectivity index (χ0n) is 15.5. The molecule has 2 N–H and O–H groups in total. The van der Waals surface area contributed by atoms with E-state index in [1.807, 2.05) is 30.3 Å². The molecule has 1 aliphatic carbocycles. The van der Waals surface area contributed by atoms with E-state index in [-0.39, 0.29) is 29.2 Å². The molecule has 28 heavy (non-hydrogen) atoms. The van der Waals surface area contributed by atoms with Gasteiger partial charge in [-0.2, -0.15) is 0 Å². The standard InChI is InChI=1S/C20H22N4O3S/c1-23(19(25)15-10-5-6-12-17(15)24(26)27)18-13-7-11-16(18)22-20(28)21-14-8-3-2-4-9-14/h2-6,8-10,12,16,18H,7,11,13H2,1H3,(H2,21,22,28). The fourth-order valence-corrected chi connectivity index (χ4v) is 3.85. The maximum absolute atomic E-state index is 12.9. The predicted molar refractivity (Wildman–Crippen MR) is 112 cm³/mol. The van der Waals surface area contributed by atoms with Gasteiger partial charge in [0.15, 0.2) is 5.11 Å². The molecular formula is C20H22N4O3S. The summed E-state index contributed by atoms with van der Waals surface area (Å²) in [6.45, 7) is 0. The van der Waals surface area contributed by atoms with Gasteiger partial charge in [0.25, 0.3) is 11.6 Å². The summed E-state index contributed by atoms with van der Waals surface area (Å²) in [5, 5.41) is 18.2. The van der Waals surface area contributed by atoms with E-state index >= 15 is 0 Å². The normalized spacial score (nSPS) is 18.3. The van der Waals surface area contributed by atoms with Crippen molar-refractivity contribution in [2.24, 2.45) is 0 Å². The van der Waals surface area contributed by atoms with Crippen molar-refractivity contribution in [1.82, 2.24) is 10.2 Å². The van der Waals surface area contributed by atoms with Crippen molar-refractivity contribution in [2.75, 3.05) is 12.4 Å². The van der Waals surface area contributed by atoms with Crippen LogP contribution in [0.3, 0.4) is 0 Å². The Morgan fingerprint density at radius 2 is 1.82 bits per heavy atom. The second-order valence-electron chi connectivity index (χ2n) is 6.76. The Bertz CT molecular complexity index is 875. The molecule has 0 radical (unpaired) electrons. The molecule has 0 aliphatic heterocycles. The van der Waals surface area contributed by atoms with E-state index in [9.17, 15) is 14.9 Å². The van der Waals surface area contributed by atoms with Crippen molar-refractivity contribution in [1.29, 1.82) is 0 Å². The van der Waals surface area contributed by atoms with Crippen molar-refractivity contribution in [2.45, 2.75) is 31.3 Å².